The molecule has 3 rings (SSSR count). The van der Waals surface area contributed by atoms with Crippen LogP contribution < -0.4 is 5.32 Å². The van der Waals surface area contributed by atoms with Gasteiger partial charge >= 0.3 is 0 Å². The van der Waals surface area contributed by atoms with Crippen molar-refractivity contribution in [1.82, 2.24) is 4.98 Å². The Labute approximate surface area is 120 Å². The molecule has 3 heteroatoms. The minimum atomic E-state index is 0.617. The molecule has 0 spiro atoms. The number of para-hydroxylation sites is 1. The van der Waals surface area contributed by atoms with Crippen LogP contribution in [-0.2, 0) is 24.2 Å². The molecule has 0 radical (unpaired) electrons. The maximum atomic E-state index is 5.32. The second-order valence-corrected chi connectivity index (χ2v) is 5.47. The Kier molecular flexibility index (Phi) is 3.88. The highest BCUT2D eigenvalue weighted by Gasteiger charge is 2.17. The van der Waals surface area contributed by atoms with Crippen LogP contribution in [0.2, 0.25) is 0 Å². The van der Waals surface area contributed by atoms with Gasteiger partial charge in [0.2, 0.25) is 0 Å². The minimum Gasteiger partial charge on any atom is -0.387 e. The number of benzene rings is 1. The summed E-state index contributed by atoms with van der Waals surface area (Å²) in [4.78, 5) is 4.98. The van der Waals surface area contributed by atoms with Crippen LogP contribution in [0, 0.1) is 0 Å². The second-order valence-electron chi connectivity index (χ2n) is 5.47. The molecule has 0 atom stereocenters. The van der Waals surface area contributed by atoms with Gasteiger partial charge in [0.1, 0.15) is 0 Å². The van der Waals surface area contributed by atoms with Gasteiger partial charge in [0.25, 0.3) is 0 Å². The first kappa shape index (κ1) is 13.4. The molecule has 1 aliphatic carbocycles. The molecule has 20 heavy (non-hydrogen) atoms. The van der Waals surface area contributed by atoms with Crippen molar-refractivity contribution in [3.63, 3.8) is 0 Å². The minimum absolute atomic E-state index is 0.617. The summed E-state index contributed by atoms with van der Waals surface area (Å²) in [5.74, 6) is 0. The predicted molar refractivity (Wildman–Crippen MR) is 83.3 cm³/mol. The standard InChI is InChI=1S/C17H22N2O/c1-18-17-13-8-4-3-5-10-15(13)19-16-12(11-20-2)7-6-9-14(16)17/h6-7,9H,3-5,8,10-11H2,1-2H3,(H,18,19). The maximum Gasteiger partial charge on any atom is 0.0781 e. The van der Waals surface area contributed by atoms with Gasteiger partial charge in [0, 0.05) is 36.5 Å². The molecule has 0 saturated heterocycles. The van der Waals surface area contributed by atoms with Gasteiger partial charge in [-0.2, -0.15) is 0 Å². The zero-order valence-corrected chi connectivity index (χ0v) is 12.3. The Balaban J connectivity index is 2.27. The van der Waals surface area contributed by atoms with E-state index in [-0.39, 0.29) is 0 Å². The predicted octanol–water partition coefficient (Wildman–Crippen LogP) is 3.69. The Hall–Kier alpha value is -1.61. The number of methoxy groups -OCH3 is 1. The van der Waals surface area contributed by atoms with Crippen molar-refractivity contribution in [3.05, 3.63) is 35.0 Å². The first-order chi connectivity index (χ1) is 9.85. The summed E-state index contributed by atoms with van der Waals surface area (Å²) in [6.45, 7) is 0.617. The highest BCUT2D eigenvalue weighted by Crippen LogP contribution is 2.33. The van der Waals surface area contributed by atoms with E-state index in [2.05, 4.69) is 23.5 Å². The molecule has 0 fully saturated rings. The summed E-state index contributed by atoms with van der Waals surface area (Å²) in [5, 5.41) is 4.64. The largest absolute Gasteiger partial charge is 0.387 e. The van der Waals surface area contributed by atoms with Gasteiger partial charge in [0.15, 0.2) is 0 Å². The molecule has 1 heterocycles. The number of fused-ring (bicyclic) bond motifs is 2. The van der Waals surface area contributed by atoms with Gasteiger partial charge in [-0.3, -0.25) is 4.98 Å². The van der Waals surface area contributed by atoms with E-state index in [4.69, 9.17) is 9.72 Å². The highest BCUT2D eigenvalue weighted by atomic mass is 16.5. The molecule has 0 aliphatic heterocycles. The fraction of sp³-hybridized carbons (Fsp3) is 0.471. The molecule has 3 nitrogen and oxygen atoms in total. The molecule has 1 aromatic carbocycles. The van der Waals surface area contributed by atoms with Crippen LogP contribution in [0.15, 0.2) is 18.2 Å². The average molecular weight is 270 g/mol. The van der Waals surface area contributed by atoms with Crippen molar-refractivity contribution >= 4 is 16.6 Å². The Bertz CT molecular complexity index is 622. The van der Waals surface area contributed by atoms with Crippen LogP contribution in [-0.4, -0.2) is 19.1 Å². The van der Waals surface area contributed by atoms with E-state index in [0.29, 0.717) is 6.61 Å². The molecule has 1 aliphatic rings. The lowest BCUT2D eigenvalue weighted by Crippen LogP contribution is -2.05. The molecule has 1 aromatic heterocycles. The third-order valence-electron chi connectivity index (χ3n) is 4.18. The number of nitrogens with zero attached hydrogens (tertiary/aromatic N) is 1. The van der Waals surface area contributed by atoms with Crippen molar-refractivity contribution in [2.45, 2.75) is 38.7 Å². The third-order valence-corrected chi connectivity index (χ3v) is 4.18. The molecule has 2 aromatic rings. The summed E-state index contributed by atoms with van der Waals surface area (Å²) in [6, 6.07) is 6.38. The summed E-state index contributed by atoms with van der Waals surface area (Å²) < 4.78 is 5.32. The average Bonchev–Trinajstić information content (AvgIpc) is 2.71. The monoisotopic (exact) mass is 270 g/mol. The number of hydrogen-bond acceptors (Lipinski definition) is 3. The number of hydrogen-bond donors (Lipinski definition) is 1. The third kappa shape index (κ3) is 2.27. The molecule has 106 valence electrons. The van der Waals surface area contributed by atoms with E-state index in [1.807, 2.05) is 7.05 Å². The summed E-state index contributed by atoms with van der Waals surface area (Å²) >= 11 is 0. The molecule has 1 N–H and O–H groups in total. The van der Waals surface area contributed by atoms with Crippen molar-refractivity contribution in [2.75, 3.05) is 19.5 Å². The van der Waals surface area contributed by atoms with Crippen molar-refractivity contribution in [1.29, 1.82) is 0 Å². The van der Waals surface area contributed by atoms with Crippen LogP contribution in [0.5, 0.6) is 0 Å². The first-order valence-corrected chi connectivity index (χ1v) is 7.45. The number of aryl methyl sites for hydroxylation is 1. The van der Waals surface area contributed by atoms with Crippen LogP contribution in [0.4, 0.5) is 5.69 Å². The topological polar surface area (TPSA) is 34.2 Å². The number of aromatic nitrogens is 1. The van der Waals surface area contributed by atoms with Crippen LogP contribution in [0.25, 0.3) is 10.9 Å². The Morgan fingerprint density at radius 3 is 2.85 bits per heavy atom. The zero-order chi connectivity index (χ0) is 13.9. The van der Waals surface area contributed by atoms with E-state index >= 15 is 0 Å². The first-order valence-electron chi connectivity index (χ1n) is 7.45. The summed E-state index contributed by atoms with van der Waals surface area (Å²) in [7, 11) is 3.75. The van der Waals surface area contributed by atoms with Crippen LogP contribution in [0.1, 0.15) is 36.1 Å². The maximum absolute atomic E-state index is 5.32. The van der Waals surface area contributed by atoms with E-state index in [1.165, 1.54) is 47.2 Å². The van der Waals surface area contributed by atoms with Gasteiger partial charge < -0.3 is 10.1 Å². The van der Waals surface area contributed by atoms with Crippen molar-refractivity contribution in [3.8, 4) is 0 Å². The Morgan fingerprint density at radius 1 is 1.20 bits per heavy atom. The van der Waals surface area contributed by atoms with E-state index in [1.54, 1.807) is 7.11 Å². The zero-order valence-electron chi connectivity index (χ0n) is 12.3. The van der Waals surface area contributed by atoms with Gasteiger partial charge in [-0.05, 0) is 31.2 Å². The Morgan fingerprint density at radius 2 is 2.05 bits per heavy atom. The second kappa shape index (κ2) is 5.80. The molecular formula is C17H22N2O. The smallest absolute Gasteiger partial charge is 0.0781 e. The molecule has 0 bridgehead atoms. The number of nitrogens with one attached hydrogen (secondary N) is 1. The van der Waals surface area contributed by atoms with Crippen molar-refractivity contribution < 1.29 is 4.74 Å². The molecular weight excluding hydrogens is 248 g/mol. The summed E-state index contributed by atoms with van der Waals surface area (Å²) in [6.07, 6.45) is 6.07. The van der Waals surface area contributed by atoms with Gasteiger partial charge in [-0.25, -0.2) is 0 Å². The SMILES string of the molecule is CNc1c2c(nc3c(COC)cccc13)CCCCC2. The number of anilines is 1. The fourth-order valence-electron chi connectivity index (χ4n) is 3.24. The van der Waals surface area contributed by atoms with Crippen LogP contribution in [0.3, 0.4) is 0 Å². The van der Waals surface area contributed by atoms with Crippen molar-refractivity contribution in [2.24, 2.45) is 0 Å². The number of rotatable bonds is 3. The lowest BCUT2D eigenvalue weighted by molar-refractivity contribution is 0.186. The van der Waals surface area contributed by atoms with Gasteiger partial charge in [0.05, 0.1) is 12.1 Å². The molecule has 0 unspecified atom stereocenters. The van der Waals surface area contributed by atoms with Gasteiger partial charge in [-0.15, -0.1) is 0 Å². The lowest BCUT2D eigenvalue weighted by Gasteiger charge is -2.16. The summed E-state index contributed by atoms with van der Waals surface area (Å²) in [5.41, 5.74) is 6.24. The highest BCUT2D eigenvalue weighted by molar-refractivity contribution is 5.95. The molecule has 0 amide bonds. The fourth-order valence-corrected chi connectivity index (χ4v) is 3.24. The normalized spacial score (nSPS) is 14.9. The van der Waals surface area contributed by atoms with Gasteiger partial charge in [-0.1, -0.05) is 24.6 Å². The van der Waals surface area contributed by atoms with E-state index < -0.39 is 0 Å². The quantitative estimate of drug-likeness (QED) is 0.864. The number of pyridine rings is 1. The van der Waals surface area contributed by atoms with E-state index in [0.717, 1.165) is 18.4 Å². The molecule has 0 saturated carbocycles. The number of ether oxygens (including phenoxy) is 1. The van der Waals surface area contributed by atoms with E-state index in [9.17, 15) is 0 Å². The lowest BCUT2D eigenvalue weighted by atomic mass is 10.00. The van der Waals surface area contributed by atoms with Crippen LogP contribution >= 0.6 is 0 Å².